The Morgan fingerprint density at radius 1 is 0.825 bits per heavy atom. The number of aromatic nitrogens is 4. The summed E-state index contributed by atoms with van der Waals surface area (Å²) >= 11 is 0. The molecule has 0 spiro atoms. The molecule has 2 fully saturated rings. The molecule has 0 aliphatic carbocycles. The number of hydrogen-bond donors (Lipinski definition) is 3. The molecule has 0 saturated carbocycles. The first-order valence-electron chi connectivity index (χ1n) is 21.2. The molecular weight excluding hydrogens is 803 g/mol. The standard InChI is InChI=1S/C47H53N9O7/c1-30-21-38(63-52-30)24-43(58)55-19-7-11-40(55)46(60)49-25-32-13-16-35(17-14-32)45(31(2)48)42(57)23-36-22-33(15-18-39(36)34-9-5-4-6-10-34)26-50-47(61)41-12-8-20-56(41)44(59)28-54-27-37(29-62-3)51-53-54/h4-6,9-10,13-18,21-22,27,40-41H,7-8,11-12,19-20,23-26,28-29,48H2,1-3H3,(H,49,60)(H,50,61)/b45-31-/t40-,41?/m0/s1. The highest BCUT2D eigenvalue weighted by Crippen LogP contribution is 2.29. The van der Waals surface area contributed by atoms with Crippen LogP contribution in [0.2, 0.25) is 0 Å². The van der Waals surface area contributed by atoms with Gasteiger partial charge in [-0.05, 0) is 72.9 Å². The van der Waals surface area contributed by atoms with Gasteiger partial charge >= 0.3 is 0 Å². The molecule has 7 rings (SSSR count). The fraction of sp³-hybridized carbons (Fsp3) is 0.362. The fourth-order valence-electron chi connectivity index (χ4n) is 8.36. The monoisotopic (exact) mass is 855 g/mol. The highest BCUT2D eigenvalue weighted by molar-refractivity contribution is 6.22. The summed E-state index contributed by atoms with van der Waals surface area (Å²) in [5, 5.41) is 17.9. The summed E-state index contributed by atoms with van der Waals surface area (Å²) in [5.74, 6) is -0.579. The minimum Gasteiger partial charge on any atom is -0.402 e. The first-order valence-corrected chi connectivity index (χ1v) is 21.2. The minimum absolute atomic E-state index is 0.0314. The van der Waals surface area contributed by atoms with Crippen molar-refractivity contribution in [1.82, 2.24) is 40.6 Å². The van der Waals surface area contributed by atoms with E-state index in [-0.39, 0.29) is 68.5 Å². The topological polar surface area (TPSA) is 208 Å². The van der Waals surface area contributed by atoms with Crippen LogP contribution in [0.1, 0.15) is 72.0 Å². The maximum Gasteiger partial charge on any atom is 0.245 e. The van der Waals surface area contributed by atoms with E-state index in [4.69, 9.17) is 15.0 Å². The van der Waals surface area contributed by atoms with Crippen LogP contribution >= 0.6 is 0 Å². The zero-order valence-corrected chi connectivity index (χ0v) is 35.8. The molecule has 0 bridgehead atoms. The summed E-state index contributed by atoms with van der Waals surface area (Å²) in [4.78, 5) is 70.5. The molecule has 2 saturated heterocycles. The van der Waals surface area contributed by atoms with Crippen molar-refractivity contribution in [1.29, 1.82) is 0 Å². The van der Waals surface area contributed by atoms with Crippen molar-refractivity contribution in [3.8, 4) is 11.1 Å². The Balaban J connectivity index is 0.988. The molecule has 1 unspecified atom stereocenters. The highest BCUT2D eigenvalue weighted by atomic mass is 16.5. The van der Waals surface area contributed by atoms with Gasteiger partial charge in [-0.1, -0.05) is 83.2 Å². The number of aryl methyl sites for hydroxylation is 1. The van der Waals surface area contributed by atoms with Gasteiger partial charge in [0.2, 0.25) is 23.6 Å². The molecule has 4 heterocycles. The van der Waals surface area contributed by atoms with Gasteiger partial charge in [0.15, 0.2) is 5.78 Å². The van der Waals surface area contributed by atoms with E-state index < -0.39 is 12.1 Å². The van der Waals surface area contributed by atoms with Gasteiger partial charge in [0.25, 0.3) is 0 Å². The number of ether oxygens (including phenoxy) is 1. The van der Waals surface area contributed by atoms with Gasteiger partial charge in [-0.15, -0.1) is 5.10 Å². The molecule has 4 amide bonds. The Bertz CT molecular complexity index is 2470. The molecule has 2 aliphatic rings. The van der Waals surface area contributed by atoms with Crippen LogP contribution in [0.25, 0.3) is 16.7 Å². The normalized spacial score (nSPS) is 16.5. The molecule has 2 aliphatic heterocycles. The van der Waals surface area contributed by atoms with Gasteiger partial charge in [0, 0.05) is 57.0 Å². The summed E-state index contributed by atoms with van der Waals surface area (Å²) in [5.41, 5.74) is 13.3. The SMILES string of the molecule is COCc1cn(CC(=O)N2CCCC2C(=O)NCc2ccc(-c3ccccc3)c(CC(=O)/C(=C(/C)N)c3ccc(CNC(=O)[C@@H]4CCCN4C(=O)Cc4cc(C)no4)cc3)c2)nn1. The number of nitrogens with zero attached hydrogens (tertiary/aromatic N) is 6. The number of carbonyl (C=O) groups is 5. The van der Waals surface area contributed by atoms with Crippen molar-refractivity contribution in [2.24, 2.45) is 5.73 Å². The van der Waals surface area contributed by atoms with Crippen molar-refractivity contribution in [2.45, 2.75) is 90.7 Å². The second-order valence-electron chi connectivity index (χ2n) is 16.1. The number of carbonyl (C=O) groups excluding carboxylic acids is 5. The maximum atomic E-state index is 14.2. The molecule has 16 nitrogen and oxygen atoms in total. The van der Waals surface area contributed by atoms with Gasteiger partial charge in [-0.25, -0.2) is 4.68 Å². The zero-order valence-electron chi connectivity index (χ0n) is 35.8. The zero-order chi connectivity index (χ0) is 44.5. The largest absolute Gasteiger partial charge is 0.402 e. The van der Waals surface area contributed by atoms with Crippen molar-refractivity contribution in [3.05, 3.63) is 130 Å². The van der Waals surface area contributed by atoms with Gasteiger partial charge in [0.05, 0.1) is 24.9 Å². The van der Waals surface area contributed by atoms with Crippen LogP contribution in [-0.4, -0.2) is 91.6 Å². The van der Waals surface area contributed by atoms with Crippen molar-refractivity contribution < 1.29 is 33.2 Å². The van der Waals surface area contributed by atoms with E-state index in [9.17, 15) is 24.0 Å². The third-order valence-corrected chi connectivity index (χ3v) is 11.4. The van der Waals surface area contributed by atoms with Crippen LogP contribution in [0, 0.1) is 6.92 Å². The molecule has 4 N–H and O–H groups in total. The summed E-state index contributed by atoms with van der Waals surface area (Å²) in [6.07, 6.45) is 4.31. The quantitative estimate of drug-likeness (QED) is 0.114. The number of amides is 4. The van der Waals surface area contributed by atoms with E-state index in [1.165, 1.54) is 4.68 Å². The van der Waals surface area contributed by atoms with E-state index >= 15 is 0 Å². The number of nitrogens with one attached hydrogen (secondary N) is 2. The molecule has 63 heavy (non-hydrogen) atoms. The third kappa shape index (κ3) is 10.9. The smallest absolute Gasteiger partial charge is 0.245 e. The summed E-state index contributed by atoms with van der Waals surface area (Å²) < 4.78 is 11.7. The van der Waals surface area contributed by atoms with Crippen LogP contribution in [0.4, 0.5) is 0 Å². The number of methoxy groups -OCH3 is 1. The highest BCUT2D eigenvalue weighted by Gasteiger charge is 2.35. The summed E-state index contributed by atoms with van der Waals surface area (Å²) in [7, 11) is 1.56. The van der Waals surface area contributed by atoms with E-state index in [1.54, 1.807) is 43.0 Å². The Hall–Kier alpha value is -6.94. The van der Waals surface area contributed by atoms with E-state index in [2.05, 4.69) is 26.1 Å². The lowest BCUT2D eigenvalue weighted by atomic mass is 9.90. The van der Waals surface area contributed by atoms with Gasteiger partial charge in [-0.3, -0.25) is 24.0 Å². The number of likely N-dealkylation sites (tertiary alicyclic amines) is 2. The number of Topliss-reactive ketones (excluding diaryl/α,β-unsaturated/α-hetero) is 1. The number of nitrogens with two attached hydrogens (primary N) is 1. The Labute approximate surface area is 365 Å². The molecule has 2 atom stereocenters. The molecule has 328 valence electrons. The van der Waals surface area contributed by atoms with Crippen molar-refractivity contribution in [3.63, 3.8) is 0 Å². The van der Waals surface area contributed by atoms with Crippen molar-refractivity contribution >= 4 is 35.0 Å². The fourth-order valence-corrected chi connectivity index (χ4v) is 8.36. The van der Waals surface area contributed by atoms with Crippen LogP contribution in [0.5, 0.6) is 0 Å². The van der Waals surface area contributed by atoms with E-state index in [0.29, 0.717) is 66.3 Å². The van der Waals surface area contributed by atoms with E-state index in [1.807, 2.05) is 72.8 Å². The summed E-state index contributed by atoms with van der Waals surface area (Å²) in [6.45, 7) is 5.16. The van der Waals surface area contributed by atoms with E-state index in [0.717, 1.165) is 34.2 Å². The first kappa shape index (κ1) is 44.1. The van der Waals surface area contributed by atoms with Crippen LogP contribution < -0.4 is 16.4 Å². The Kier molecular flexibility index (Phi) is 14.2. The minimum atomic E-state index is -0.610. The lowest BCUT2D eigenvalue weighted by molar-refractivity contribution is -0.139. The molecule has 5 aromatic rings. The third-order valence-electron chi connectivity index (χ3n) is 11.4. The predicted molar refractivity (Wildman–Crippen MR) is 233 cm³/mol. The average Bonchev–Trinajstić information content (AvgIpc) is 4.12. The summed E-state index contributed by atoms with van der Waals surface area (Å²) in [6, 6.07) is 23.5. The lowest BCUT2D eigenvalue weighted by Crippen LogP contribution is -2.46. The second-order valence-corrected chi connectivity index (χ2v) is 16.1. The lowest BCUT2D eigenvalue weighted by Gasteiger charge is -2.24. The molecule has 0 radical (unpaired) electrons. The number of hydrogen-bond acceptors (Lipinski definition) is 11. The predicted octanol–water partition coefficient (Wildman–Crippen LogP) is 4.05. The number of rotatable bonds is 17. The number of benzene rings is 3. The van der Waals surface area contributed by atoms with Gasteiger partial charge < -0.3 is 35.4 Å². The number of allylic oxidation sites excluding steroid dienone is 2. The number of ketones is 1. The first-order chi connectivity index (χ1) is 30.5. The second kappa shape index (κ2) is 20.3. The Morgan fingerprint density at radius 2 is 1.48 bits per heavy atom. The van der Waals surface area contributed by atoms with Gasteiger partial charge in [-0.2, -0.15) is 0 Å². The molecule has 3 aromatic carbocycles. The van der Waals surface area contributed by atoms with Crippen molar-refractivity contribution in [2.75, 3.05) is 20.2 Å². The molecular formula is C47H53N9O7. The molecule has 16 heteroatoms. The maximum absolute atomic E-state index is 14.2. The van der Waals surface area contributed by atoms with Gasteiger partial charge in [0.1, 0.15) is 30.1 Å². The Morgan fingerprint density at radius 3 is 2.11 bits per heavy atom. The van der Waals surface area contributed by atoms with Crippen LogP contribution in [0.3, 0.4) is 0 Å². The molecule has 2 aromatic heterocycles. The van der Waals surface area contributed by atoms with Crippen LogP contribution in [0.15, 0.2) is 95.3 Å². The average molecular weight is 856 g/mol. The van der Waals surface area contributed by atoms with Crippen LogP contribution in [-0.2, 0) is 67.8 Å².